The van der Waals surface area contributed by atoms with Crippen LogP contribution in [0.1, 0.15) is 0 Å². The summed E-state index contributed by atoms with van der Waals surface area (Å²) in [6, 6.07) is 0. The van der Waals surface area contributed by atoms with E-state index < -0.39 is 38.2 Å². The Morgan fingerprint density at radius 3 is 0.909 bits per heavy atom. The van der Waals surface area contributed by atoms with Crippen LogP contribution in [-0.2, 0) is 14.9 Å². The van der Waals surface area contributed by atoms with Gasteiger partial charge in [0.15, 0.2) is 0 Å². The molecule has 0 radical (unpaired) electrons. The Kier molecular flexibility index (Phi) is 45.9. The number of hydrogen-bond donors (Lipinski definition) is 0. The molecule has 0 aromatic heterocycles. The normalized spacial score (nSPS) is 6.00. The quantitative estimate of drug-likeness (QED) is 0.281. The number of hydrogen-bond acceptors (Lipinski definition) is 6. The van der Waals surface area contributed by atoms with Crippen molar-refractivity contribution in [1.29, 1.82) is 0 Å². The van der Waals surface area contributed by atoms with Crippen molar-refractivity contribution in [3.05, 3.63) is 0 Å². The van der Waals surface area contributed by atoms with E-state index in [1.807, 2.05) is 0 Å². The predicted molar refractivity (Wildman–Crippen MR) is 22.7 cm³/mol. The van der Waals surface area contributed by atoms with E-state index in [1.165, 1.54) is 0 Å². The summed E-state index contributed by atoms with van der Waals surface area (Å²) in [5, 5.41) is 0. The van der Waals surface area contributed by atoms with Crippen molar-refractivity contribution < 1.29 is 66.2 Å². The van der Waals surface area contributed by atoms with Crippen molar-refractivity contribution >= 4 is 10.4 Å². The van der Waals surface area contributed by atoms with Crippen molar-refractivity contribution in [2.75, 3.05) is 0 Å². The SMILES string of the molecule is O.O.O.O=S(=O)([O-])[O-].[O]=[U+2]=[O]. The zero-order chi connectivity index (χ0) is 7.21. The van der Waals surface area contributed by atoms with Gasteiger partial charge in [-0.15, -0.1) is 0 Å². The Morgan fingerprint density at radius 1 is 0.909 bits per heavy atom. The first-order valence-electron chi connectivity index (χ1n) is 1.07. The van der Waals surface area contributed by atoms with Gasteiger partial charge >= 0.3 is 32.3 Å². The molecule has 9 nitrogen and oxygen atoms in total. The van der Waals surface area contributed by atoms with Crippen molar-refractivity contribution in [2.45, 2.75) is 0 Å². The molecule has 0 rings (SSSR count). The van der Waals surface area contributed by atoms with Gasteiger partial charge in [-0.3, -0.25) is 8.42 Å². The molecule has 0 fully saturated rings. The zero-order valence-electron chi connectivity index (χ0n) is 4.86. The van der Waals surface area contributed by atoms with Crippen LogP contribution in [0.3, 0.4) is 0 Å². The summed E-state index contributed by atoms with van der Waals surface area (Å²) in [5.41, 5.74) is 0. The Balaban J connectivity index is -0.0000000183. The average molecular weight is 420 g/mol. The summed E-state index contributed by atoms with van der Waals surface area (Å²) in [7, 11) is -5.17. The van der Waals surface area contributed by atoms with Crippen LogP contribution in [0.5, 0.6) is 0 Å². The van der Waals surface area contributed by atoms with Gasteiger partial charge in [0.25, 0.3) is 0 Å². The van der Waals surface area contributed by atoms with Crippen LogP contribution in [0.4, 0.5) is 0 Å². The molecule has 0 saturated carbocycles. The fourth-order valence-corrected chi connectivity index (χ4v) is 0. The monoisotopic (exact) mass is 420 g/mol. The van der Waals surface area contributed by atoms with Gasteiger partial charge in [-0.25, -0.2) is 0 Å². The van der Waals surface area contributed by atoms with Crippen molar-refractivity contribution in [3.63, 3.8) is 0 Å². The molecule has 0 aliphatic heterocycles. The molecule has 0 aliphatic carbocycles. The maximum atomic E-state index is 8.58. The molecule has 6 N–H and O–H groups in total. The molecule has 11 heteroatoms. The van der Waals surface area contributed by atoms with Crippen molar-refractivity contribution in [1.82, 2.24) is 0 Å². The first-order chi connectivity index (χ1) is 3.41. The molecule has 0 saturated heterocycles. The van der Waals surface area contributed by atoms with Crippen LogP contribution in [0.2, 0.25) is 0 Å². The molecular weight excluding hydrogens is 414 g/mol. The van der Waals surface area contributed by atoms with Gasteiger partial charge in [0.2, 0.25) is 0 Å². The molecule has 0 heterocycles. The van der Waals surface area contributed by atoms with Crippen LogP contribution >= 0.6 is 0 Å². The van der Waals surface area contributed by atoms with E-state index in [0.29, 0.717) is 0 Å². The van der Waals surface area contributed by atoms with E-state index >= 15 is 0 Å². The Bertz CT molecular complexity index is 150. The minimum atomic E-state index is -5.17. The summed E-state index contributed by atoms with van der Waals surface area (Å²) < 4.78 is 51.3. The van der Waals surface area contributed by atoms with Gasteiger partial charge in [0.05, 0.1) is 0 Å². The fraction of sp³-hybridized carbons (Fsp3) is 0. The molecule has 0 amide bonds. The van der Waals surface area contributed by atoms with E-state index in [1.54, 1.807) is 0 Å². The third-order valence-electron chi connectivity index (χ3n) is 0. The van der Waals surface area contributed by atoms with Gasteiger partial charge in [0.1, 0.15) is 0 Å². The maximum absolute atomic E-state index is 8.58. The molecule has 0 atom stereocenters. The van der Waals surface area contributed by atoms with Gasteiger partial charge in [-0.05, 0) is 0 Å². The Morgan fingerprint density at radius 2 is 0.909 bits per heavy atom. The van der Waals surface area contributed by atoms with Gasteiger partial charge in [0, 0.05) is 10.4 Å². The molecule has 0 aromatic rings. The van der Waals surface area contributed by atoms with Crippen LogP contribution in [0.15, 0.2) is 0 Å². The summed E-state index contributed by atoms with van der Waals surface area (Å²) in [6.45, 7) is 0. The molecule has 0 aromatic carbocycles. The Hall–Kier alpha value is 0.402. The van der Waals surface area contributed by atoms with E-state index in [0.717, 1.165) is 0 Å². The first-order valence-corrected chi connectivity index (χ1v) is 5.81. The third-order valence-corrected chi connectivity index (χ3v) is 0. The Labute approximate surface area is 76.5 Å². The second-order valence-corrected chi connectivity index (χ2v) is 2.00. The van der Waals surface area contributed by atoms with Crippen LogP contribution in [0.25, 0.3) is 0 Å². The van der Waals surface area contributed by atoms with Crippen LogP contribution in [0, 0.1) is 27.8 Å². The average Bonchev–Trinajstić information content (AvgIpc) is 1.27. The molecule has 0 bridgehead atoms. The summed E-state index contributed by atoms with van der Waals surface area (Å²) in [4.78, 5) is 0. The van der Waals surface area contributed by atoms with E-state index in [2.05, 4.69) is 0 Å². The van der Waals surface area contributed by atoms with Crippen LogP contribution < -0.4 is 0 Å². The standard InChI is InChI=1S/H2O4S.3H2O.2O.U/c1-5(2,3)4;;;;;;/h(H2,1,2,3,4);3*1H2;;;/q;;;;;;+2/p-2. The molecule has 0 aliphatic rings. The molecule has 0 spiro atoms. The second kappa shape index (κ2) is 16.8. The van der Waals surface area contributed by atoms with Crippen molar-refractivity contribution in [2.24, 2.45) is 0 Å². The summed E-state index contributed by atoms with van der Waals surface area (Å²) in [6.07, 6.45) is 0. The molecule has 11 heavy (non-hydrogen) atoms. The van der Waals surface area contributed by atoms with E-state index in [4.69, 9.17) is 22.0 Å². The fourth-order valence-electron chi connectivity index (χ4n) is 0. The summed E-state index contributed by atoms with van der Waals surface area (Å²) in [5.74, 6) is 0. The predicted octanol–water partition coefficient (Wildman–Crippen LogP) is -4.05. The summed E-state index contributed by atoms with van der Waals surface area (Å²) >= 11 is -2.51. The van der Waals surface area contributed by atoms with Gasteiger partial charge < -0.3 is 25.5 Å². The first kappa shape index (κ1) is 30.1. The van der Waals surface area contributed by atoms with Crippen LogP contribution in [-0.4, -0.2) is 34.0 Å². The van der Waals surface area contributed by atoms with Gasteiger partial charge in [-0.2, -0.15) is 0 Å². The molecule has 0 unspecified atom stereocenters. The minimum absolute atomic E-state index is 0. The van der Waals surface area contributed by atoms with Gasteiger partial charge in [-0.1, -0.05) is 0 Å². The molecule has 70 valence electrons. The van der Waals surface area contributed by atoms with E-state index in [9.17, 15) is 0 Å². The van der Waals surface area contributed by atoms with Crippen molar-refractivity contribution in [3.8, 4) is 0 Å². The third kappa shape index (κ3) is 4550. The topological polar surface area (TPSA) is 209 Å². The second-order valence-electron chi connectivity index (χ2n) is 0.492. The molecular formula is H6O9SU. The number of rotatable bonds is 0. The van der Waals surface area contributed by atoms with E-state index in [-0.39, 0.29) is 16.4 Å². The zero-order valence-corrected chi connectivity index (χ0v) is 9.84.